The maximum absolute atomic E-state index is 14.0. The summed E-state index contributed by atoms with van der Waals surface area (Å²) < 4.78 is 28.5. The zero-order valence-electron chi connectivity index (χ0n) is 12.9. The van der Waals surface area contributed by atoms with E-state index in [4.69, 9.17) is 5.11 Å². The van der Waals surface area contributed by atoms with Crippen molar-refractivity contribution in [3.63, 3.8) is 0 Å². The zero-order valence-corrected chi connectivity index (χ0v) is 12.9. The minimum atomic E-state index is -0.943. The number of carboxylic acids is 1. The summed E-state index contributed by atoms with van der Waals surface area (Å²) in [6, 6.07) is 3.06. The summed E-state index contributed by atoms with van der Waals surface area (Å²) in [5.41, 5.74) is 0.294. The van der Waals surface area contributed by atoms with E-state index in [9.17, 15) is 18.4 Å². The smallest absolute Gasteiger partial charge is 0.308 e. The van der Waals surface area contributed by atoms with Crippen LogP contribution < -0.4 is 0 Å². The van der Waals surface area contributed by atoms with E-state index in [1.54, 1.807) is 7.05 Å². The Kier molecular flexibility index (Phi) is 4.04. The first-order chi connectivity index (χ1) is 11.4. The highest BCUT2D eigenvalue weighted by Crippen LogP contribution is 2.28. The van der Waals surface area contributed by atoms with Crippen molar-refractivity contribution in [2.45, 2.75) is 6.42 Å². The molecule has 0 spiro atoms. The normalized spacial score (nSPS) is 17.3. The highest BCUT2D eigenvalue weighted by atomic mass is 19.1. The summed E-state index contributed by atoms with van der Waals surface area (Å²) in [6.45, 7) is 0.421. The third kappa shape index (κ3) is 2.86. The van der Waals surface area contributed by atoms with Crippen molar-refractivity contribution in [2.75, 3.05) is 13.1 Å². The van der Waals surface area contributed by atoms with Gasteiger partial charge in [-0.2, -0.15) is 5.10 Å². The molecule has 2 heterocycles. The van der Waals surface area contributed by atoms with Crippen LogP contribution in [0.4, 0.5) is 8.78 Å². The minimum absolute atomic E-state index is 0.0225. The monoisotopic (exact) mass is 335 g/mol. The van der Waals surface area contributed by atoms with Crippen LogP contribution in [0.3, 0.4) is 0 Å². The van der Waals surface area contributed by atoms with E-state index in [-0.39, 0.29) is 23.4 Å². The Morgan fingerprint density at radius 3 is 2.71 bits per heavy atom. The van der Waals surface area contributed by atoms with Gasteiger partial charge in [-0.25, -0.2) is 8.78 Å². The van der Waals surface area contributed by atoms with Crippen molar-refractivity contribution < 1.29 is 23.5 Å². The number of rotatable bonds is 3. The third-order valence-corrected chi connectivity index (χ3v) is 4.07. The average molecular weight is 335 g/mol. The predicted octanol–water partition coefficient (Wildman–Crippen LogP) is 1.91. The fourth-order valence-corrected chi connectivity index (χ4v) is 2.84. The number of aryl methyl sites for hydroxylation is 1. The van der Waals surface area contributed by atoms with E-state index < -0.39 is 29.4 Å². The molecule has 1 atom stereocenters. The van der Waals surface area contributed by atoms with Gasteiger partial charge in [0.25, 0.3) is 5.91 Å². The fourth-order valence-electron chi connectivity index (χ4n) is 2.84. The Hall–Kier alpha value is -2.77. The Labute approximate surface area is 136 Å². The van der Waals surface area contributed by atoms with Gasteiger partial charge in [0.05, 0.1) is 11.5 Å². The van der Waals surface area contributed by atoms with Gasteiger partial charge in [-0.3, -0.25) is 14.3 Å². The number of carboxylic acid groups (broad SMARTS) is 1. The molecule has 2 aromatic rings. The molecule has 1 aliphatic heterocycles. The van der Waals surface area contributed by atoms with Gasteiger partial charge in [0.1, 0.15) is 17.3 Å². The molecule has 1 saturated heterocycles. The van der Waals surface area contributed by atoms with Crippen LogP contribution in [0, 0.1) is 17.6 Å². The molecule has 3 rings (SSSR count). The average Bonchev–Trinajstić information content (AvgIpc) is 3.13. The molecule has 1 N–H and O–H groups in total. The Balaban J connectivity index is 1.95. The molecular weight excluding hydrogens is 320 g/mol. The standard InChI is InChI=1S/C16H15F2N3O3/c1-20-8-12(15(22)21-5-4-9(7-21)16(23)24)14(19-20)11-3-2-10(17)6-13(11)18/h2-3,6,8-9H,4-5,7H2,1H3,(H,23,24). The Morgan fingerprint density at radius 1 is 1.33 bits per heavy atom. The second-order valence-electron chi connectivity index (χ2n) is 5.76. The van der Waals surface area contributed by atoms with E-state index in [0.717, 1.165) is 12.1 Å². The number of aromatic nitrogens is 2. The lowest BCUT2D eigenvalue weighted by molar-refractivity contribution is -0.141. The first kappa shape index (κ1) is 16.1. The topological polar surface area (TPSA) is 75.4 Å². The second-order valence-corrected chi connectivity index (χ2v) is 5.76. The minimum Gasteiger partial charge on any atom is -0.481 e. The van der Waals surface area contributed by atoms with Crippen molar-refractivity contribution >= 4 is 11.9 Å². The molecule has 1 fully saturated rings. The molecule has 8 heteroatoms. The van der Waals surface area contributed by atoms with Gasteiger partial charge in [0.15, 0.2) is 0 Å². The van der Waals surface area contributed by atoms with Crippen LogP contribution >= 0.6 is 0 Å². The lowest BCUT2D eigenvalue weighted by atomic mass is 10.1. The van der Waals surface area contributed by atoms with Crippen molar-refractivity contribution in [1.82, 2.24) is 14.7 Å². The van der Waals surface area contributed by atoms with Crippen molar-refractivity contribution in [2.24, 2.45) is 13.0 Å². The van der Waals surface area contributed by atoms with Gasteiger partial charge in [0.2, 0.25) is 0 Å². The molecule has 1 aromatic carbocycles. The lowest BCUT2D eigenvalue weighted by Crippen LogP contribution is -2.30. The number of benzene rings is 1. The van der Waals surface area contributed by atoms with Crippen molar-refractivity contribution in [1.29, 1.82) is 0 Å². The van der Waals surface area contributed by atoms with Gasteiger partial charge < -0.3 is 10.0 Å². The zero-order chi connectivity index (χ0) is 17.4. The van der Waals surface area contributed by atoms with Gasteiger partial charge in [-0.05, 0) is 18.6 Å². The summed E-state index contributed by atoms with van der Waals surface area (Å²) in [5.74, 6) is -3.49. The number of hydrogen-bond donors (Lipinski definition) is 1. The molecule has 1 aliphatic rings. The summed E-state index contributed by atoms with van der Waals surface area (Å²) >= 11 is 0. The first-order valence-electron chi connectivity index (χ1n) is 7.38. The van der Waals surface area contributed by atoms with Gasteiger partial charge >= 0.3 is 5.97 Å². The van der Waals surface area contributed by atoms with Gasteiger partial charge in [-0.15, -0.1) is 0 Å². The maximum Gasteiger partial charge on any atom is 0.308 e. The first-order valence-corrected chi connectivity index (χ1v) is 7.38. The van der Waals surface area contributed by atoms with Gasteiger partial charge in [-0.1, -0.05) is 0 Å². The van der Waals surface area contributed by atoms with Crippen LogP contribution in [0.1, 0.15) is 16.8 Å². The van der Waals surface area contributed by atoms with Crippen LogP contribution in [-0.4, -0.2) is 44.8 Å². The molecule has 0 aliphatic carbocycles. The molecule has 1 unspecified atom stereocenters. The molecule has 0 saturated carbocycles. The quantitative estimate of drug-likeness (QED) is 0.930. The van der Waals surface area contributed by atoms with Gasteiger partial charge in [0, 0.05) is 38.0 Å². The molecule has 0 radical (unpaired) electrons. The summed E-state index contributed by atoms with van der Waals surface area (Å²) in [6.07, 6.45) is 1.83. The molecule has 126 valence electrons. The number of aliphatic carboxylic acids is 1. The molecule has 1 amide bonds. The lowest BCUT2D eigenvalue weighted by Gasteiger charge is -2.15. The molecular formula is C16H15F2N3O3. The van der Waals surface area contributed by atoms with Crippen LogP contribution in [0.25, 0.3) is 11.3 Å². The van der Waals surface area contributed by atoms with Crippen LogP contribution in [0.5, 0.6) is 0 Å². The largest absolute Gasteiger partial charge is 0.481 e. The highest BCUT2D eigenvalue weighted by molar-refractivity contribution is 6.00. The number of carbonyl (C=O) groups is 2. The summed E-state index contributed by atoms with van der Waals surface area (Å²) in [5, 5.41) is 13.2. The SMILES string of the molecule is Cn1cc(C(=O)N2CCC(C(=O)O)C2)c(-c2ccc(F)cc2F)n1. The number of nitrogens with zero attached hydrogens (tertiary/aromatic N) is 3. The summed E-state index contributed by atoms with van der Waals surface area (Å²) in [7, 11) is 1.59. The van der Waals surface area contributed by atoms with Crippen LogP contribution in [0.15, 0.2) is 24.4 Å². The number of carbonyl (C=O) groups excluding carboxylic acids is 1. The number of amides is 1. The third-order valence-electron chi connectivity index (χ3n) is 4.07. The summed E-state index contributed by atoms with van der Waals surface area (Å²) in [4.78, 5) is 25.1. The number of hydrogen-bond acceptors (Lipinski definition) is 3. The molecule has 0 bridgehead atoms. The molecule has 24 heavy (non-hydrogen) atoms. The van der Waals surface area contributed by atoms with E-state index >= 15 is 0 Å². The number of likely N-dealkylation sites (tertiary alicyclic amines) is 1. The predicted molar refractivity (Wildman–Crippen MR) is 80.2 cm³/mol. The van der Waals surface area contributed by atoms with Crippen molar-refractivity contribution in [3.8, 4) is 11.3 Å². The van der Waals surface area contributed by atoms with E-state index in [1.807, 2.05) is 0 Å². The highest BCUT2D eigenvalue weighted by Gasteiger charge is 2.33. The fraction of sp³-hybridized carbons (Fsp3) is 0.312. The Morgan fingerprint density at radius 2 is 2.08 bits per heavy atom. The maximum atomic E-state index is 14.0. The van der Waals surface area contributed by atoms with E-state index in [2.05, 4.69) is 5.10 Å². The second kappa shape index (κ2) is 6.03. The van der Waals surface area contributed by atoms with E-state index in [1.165, 1.54) is 21.8 Å². The Bertz CT molecular complexity index is 819. The van der Waals surface area contributed by atoms with E-state index in [0.29, 0.717) is 13.0 Å². The van der Waals surface area contributed by atoms with Crippen LogP contribution in [-0.2, 0) is 11.8 Å². The number of halogens is 2. The van der Waals surface area contributed by atoms with Crippen molar-refractivity contribution in [3.05, 3.63) is 41.6 Å². The molecule has 1 aromatic heterocycles. The van der Waals surface area contributed by atoms with Crippen LogP contribution in [0.2, 0.25) is 0 Å². The molecule has 6 nitrogen and oxygen atoms in total.